The lowest BCUT2D eigenvalue weighted by molar-refractivity contribution is 0.368. The van der Waals surface area contributed by atoms with Gasteiger partial charge in [0.25, 0.3) is 0 Å². The summed E-state index contributed by atoms with van der Waals surface area (Å²) in [6.45, 7) is 9.11. The van der Waals surface area contributed by atoms with Crippen LogP contribution < -0.4 is 15.5 Å². The maximum atomic E-state index is 4.52. The van der Waals surface area contributed by atoms with Crippen molar-refractivity contribution in [2.75, 3.05) is 50.0 Å². The maximum Gasteiger partial charge on any atom is 0.193 e. The maximum absolute atomic E-state index is 4.52. The number of hydrogen-bond donors (Lipinski definition) is 2. The van der Waals surface area contributed by atoms with E-state index < -0.39 is 0 Å². The summed E-state index contributed by atoms with van der Waals surface area (Å²) in [5, 5.41) is 7.21. The van der Waals surface area contributed by atoms with Crippen LogP contribution in [0.4, 0.5) is 11.5 Å². The van der Waals surface area contributed by atoms with E-state index in [1.165, 1.54) is 0 Å². The van der Waals surface area contributed by atoms with Crippen molar-refractivity contribution in [2.45, 2.75) is 19.9 Å². The van der Waals surface area contributed by atoms with Gasteiger partial charge < -0.3 is 20.4 Å². The zero-order chi connectivity index (χ0) is 19.8. The molecule has 0 amide bonds. The molecule has 1 aliphatic rings. The minimum Gasteiger partial charge on any atom is -0.380 e. The van der Waals surface area contributed by atoms with Gasteiger partial charge in [-0.15, -0.1) is 0 Å². The van der Waals surface area contributed by atoms with Crippen molar-refractivity contribution >= 4 is 17.5 Å². The lowest BCUT2D eigenvalue weighted by atomic mass is 10.0. The third kappa shape index (κ3) is 5.38. The molecule has 1 fully saturated rings. The van der Waals surface area contributed by atoms with Crippen LogP contribution in [0.15, 0.2) is 59.7 Å². The van der Waals surface area contributed by atoms with E-state index >= 15 is 0 Å². The highest BCUT2D eigenvalue weighted by atomic mass is 15.4. The average Bonchev–Trinajstić information content (AvgIpc) is 2.75. The van der Waals surface area contributed by atoms with Gasteiger partial charge in [0, 0.05) is 57.7 Å². The van der Waals surface area contributed by atoms with Gasteiger partial charge in [0.2, 0.25) is 0 Å². The summed E-state index contributed by atoms with van der Waals surface area (Å²) in [6, 6.07) is 16.8. The highest BCUT2D eigenvalue weighted by Gasteiger charge is 2.21. The monoisotopic (exact) mass is 380 g/mol. The fraction of sp³-hybridized carbons (Fsp3) is 0.455. The van der Waals surface area contributed by atoms with E-state index in [9.17, 15) is 0 Å². The van der Waals surface area contributed by atoms with Gasteiger partial charge in [0.15, 0.2) is 5.96 Å². The SMILES string of the molecule is CN=C(NCC(Nc1ccccc1)C(C)C)N1CCN(c2ccccn2)CC1. The largest absolute Gasteiger partial charge is 0.380 e. The Morgan fingerprint density at radius 1 is 1.04 bits per heavy atom. The first-order chi connectivity index (χ1) is 13.7. The third-order valence-corrected chi connectivity index (χ3v) is 5.17. The summed E-state index contributed by atoms with van der Waals surface area (Å²) in [6.07, 6.45) is 1.86. The van der Waals surface area contributed by atoms with Gasteiger partial charge in [0.1, 0.15) is 5.82 Å². The Bertz CT molecular complexity index is 723. The molecule has 1 unspecified atom stereocenters. The Morgan fingerprint density at radius 3 is 2.36 bits per heavy atom. The second-order valence-electron chi connectivity index (χ2n) is 7.45. The quantitative estimate of drug-likeness (QED) is 0.596. The van der Waals surface area contributed by atoms with Crippen LogP contribution in [-0.2, 0) is 0 Å². The molecule has 0 bridgehead atoms. The summed E-state index contributed by atoms with van der Waals surface area (Å²) >= 11 is 0. The van der Waals surface area contributed by atoms with Crippen molar-refractivity contribution < 1.29 is 0 Å². The molecule has 3 rings (SSSR count). The predicted molar refractivity (Wildman–Crippen MR) is 118 cm³/mol. The van der Waals surface area contributed by atoms with Gasteiger partial charge >= 0.3 is 0 Å². The topological polar surface area (TPSA) is 55.8 Å². The van der Waals surface area contributed by atoms with Crippen LogP contribution in [0.2, 0.25) is 0 Å². The number of piperazine rings is 1. The number of rotatable bonds is 6. The van der Waals surface area contributed by atoms with Crippen molar-refractivity contribution in [1.29, 1.82) is 0 Å². The van der Waals surface area contributed by atoms with Crippen LogP contribution in [0, 0.1) is 5.92 Å². The Balaban J connectivity index is 1.52. The van der Waals surface area contributed by atoms with Crippen molar-refractivity contribution in [3.8, 4) is 0 Å². The number of aromatic nitrogens is 1. The highest BCUT2D eigenvalue weighted by Crippen LogP contribution is 2.14. The van der Waals surface area contributed by atoms with Crippen LogP contribution in [0.25, 0.3) is 0 Å². The van der Waals surface area contributed by atoms with Crippen LogP contribution in [0.3, 0.4) is 0 Å². The van der Waals surface area contributed by atoms with Crippen molar-refractivity contribution in [3.05, 3.63) is 54.7 Å². The van der Waals surface area contributed by atoms with E-state index in [0.717, 1.165) is 50.2 Å². The number of nitrogens with one attached hydrogen (secondary N) is 2. The number of pyridine rings is 1. The molecule has 150 valence electrons. The first-order valence-corrected chi connectivity index (χ1v) is 10.1. The van der Waals surface area contributed by atoms with E-state index in [4.69, 9.17) is 0 Å². The fourth-order valence-corrected chi connectivity index (χ4v) is 3.42. The minimum absolute atomic E-state index is 0.328. The second kappa shape index (κ2) is 9.97. The van der Waals surface area contributed by atoms with Gasteiger partial charge in [-0.2, -0.15) is 0 Å². The molecule has 28 heavy (non-hydrogen) atoms. The minimum atomic E-state index is 0.328. The first kappa shape index (κ1) is 20.0. The van der Waals surface area contributed by atoms with Crippen LogP contribution in [-0.4, -0.2) is 61.7 Å². The zero-order valence-electron chi connectivity index (χ0n) is 17.2. The molecular formula is C22H32N6. The molecule has 6 nitrogen and oxygen atoms in total. The highest BCUT2D eigenvalue weighted by molar-refractivity contribution is 5.80. The molecule has 0 radical (unpaired) electrons. The molecule has 1 atom stereocenters. The number of benzene rings is 1. The molecule has 1 aromatic heterocycles. The molecule has 0 saturated carbocycles. The number of anilines is 2. The number of para-hydroxylation sites is 1. The van der Waals surface area contributed by atoms with Gasteiger partial charge in [-0.25, -0.2) is 4.98 Å². The van der Waals surface area contributed by atoms with E-state index in [1.807, 2.05) is 31.4 Å². The summed E-state index contributed by atoms with van der Waals surface area (Å²) in [4.78, 5) is 13.6. The number of hydrogen-bond acceptors (Lipinski definition) is 4. The Hall–Kier alpha value is -2.76. The standard InChI is InChI=1S/C22H32N6/c1-18(2)20(26-19-9-5-4-6-10-19)17-25-22(23-3)28-15-13-27(14-16-28)21-11-7-8-12-24-21/h4-12,18,20,26H,13-17H2,1-3H3,(H,23,25). The third-order valence-electron chi connectivity index (χ3n) is 5.17. The van der Waals surface area contributed by atoms with Crippen LogP contribution in [0.5, 0.6) is 0 Å². The van der Waals surface area contributed by atoms with E-state index in [2.05, 4.69) is 74.6 Å². The summed E-state index contributed by atoms with van der Waals surface area (Å²) in [5.41, 5.74) is 1.15. The molecule has 1 saturated heterocycles. The van der Waals surface area contributed by atoms with Gasteiger partial charge in [-0.05, 0) is 30.2 Å². The number of aliphatic imine (C=N–C) groups is 1. The molecule has 0 aliphatic carbocycles. The number of nitrogens with zero attached hydrogens (tertiary/aromatic N) is 4. The van der Waals surface area contributed by atoms with Gasteiger partial charge in [-0.3, -0.25) is 4.99 Å². The fourth-order valence-electron chi connectivity index (χ4n) is 3.42. The Kier molecular flexibility index (Phi) is 7.12. The smallest absolute Gasteiger partial charge is 0.193 e. The van der Waals surface area contributed by atoms with Crippen molar-refractivity contribution in [2.24, 2.45) is 10.9 Å². The second-order valence-corrected chi connectivity index (χ2v) is 7.45. The molecule has 1 aromatic carbocycles. The normalized spacial score (nSPS) is 16.2. The molecule has 0 spiro atoms. The molecule has 2 N–H and O–H groups in total. The molecular weight excluding hydrogens is 348 g/mol. The number of guanidine groups is 1. The average molecular weight is 381 g/mol. The lowest BCUT2D eigenvalue weighted by Crippen LogP contribution is -2.54. The Morgan fingerprint density at radius 2 is 1.75 bits per heavy atom. The Labute approximate surface area is 168 Å². The molecule has 1 aliphatic heterocycles. The molecule has 6 heteroatoms. The summed E-state index contributed by atoms with van der Waals surface area (Å²) < 4.78 is 0. The van der Waals surface area contributed by atoms with Crippen LogP contribution in [0.1, 0.15) is 13.8 Å². The predicted octanol–water partition coefficient (Wildman–Crippen LogP) is 2.92. The van der Waals surface area contributed by atoms with Crippen molar-refractivity contribution in [3.63, 3.8) is 0 Å². The van der Waals surface area contributed by atoms with E-state index in [-0.39, 0.29) is 0 Å². The van der Waals surface area contributed by atoms with Gasteiger partial charge in [-0.1, -0.05) is 38.1 Å². The van der Waals surface area contributed by atoms with Crippen molar-refractivity contribution in [1.82, 2.24) is 15.2 Å². The van der Waals surface area contributed by atoms with E-state index in [0.29, 0.717) is 12.0 Å². The summed E-state index contributed by atoms with van der Waals surface area (Å²) in [5.74, 6) is 2.53. The van der Waals surface area contributed by atoms with Gasteiger partial charge in [0.05, 0.1) is 0 Å². The molecule has 2 heterocycles. The summed E-state index contributed by atoms with van der Waals surface area (Å²) in [7, 11) is 1.86. The first-order valence-electron chi connectivity index (χ1n) is 10.1. The molecule has 2 aromatic rings. The van der Waals surface area contributed by atoms with Crippen LogP contribution >= 0.6 is 0 Å². The lowest BCUT2D eigenvalue weighted by Gasteiger charge is -2.37. The zero-order valence-corrected chi connectivity index (χ0v) is 17.2. The van der Waals surface area contributed by atoms with E-state index in [1.54, 1.807) is 0 Å².